The molecule has 0 saturated heterocycles. The van der Waals surface area contributed by atoms with Crippen molar-refractivity contribution in [1.29, 1.82) is 0 Å². The van der Waals surface area contributed by atoms with Gasteiger partial charge in [-0.3, -0.25) is 4.79 Å². The van der Waals surface area contributed by atoms with Gasteiger partial charge in [0.25, 0.3) is 0 Å². The number of aldehydes is 1. The van der Waals surface area contributed by atoms with Crippen LogP contribution in [0.2, 0.25) is 0 Å². The molecule has 5 heteroatoms. The van der Waals surface area contributed by atoms with E-state index in [9.17, 15) is 9.59 Å². The molecule has 4 rings (SSSR count). The summed E-state index contributed by atoms with van der Waals surface area (Å²) < 4.78 is 0. The minimum absolute atomic E-state index is 0.0539. The number of anilines is 1. The summed E-state index contributed by atoms with van der Waals surface area (Å²) in [6.07, 6.45) is 7.21. The van der Waals surface area contributed by atoms with Crippen molar-refractivity contribution in [3.63, 3.8) is 0 Å². The van der Waals surface area contributed by atoms with Gasteiger partial charge in [-0.25, -0.2) is 0 Å². The average molecular weight is 404 g/mol. The number of nitrogens with one attached hydrogen (secondary N) is 1. The summed E-state index contributed by atoms with van der Waals surface area (Å²) in [6.45, 7) is 0.433. The van der Waals surface area contributed by atoms with Crippen LogP contribution < -0.4 is 16.0 Å². The van der Waals surface area contributed by atoms with Gasteiger partial charge in [0.2, 0.25) is 5.91 Å². The molecule has 156 valence electrons. The second kappa shape index (κ2) is 9.16. The maximum atomic E-state index is 13.1. The van der Waals surface area contributed by atoms with E-state index < -0.39 is 0 Å². The summed E-state index contributed by atoms with van der Waals surface area (Å²) in [7, 11) is 0. The summed E-state index contributed by atoms with van der Waals surface area (Å²) in [4.78, 5) is 25.7. The van der Waals surface area contributed by atoms with Crippen LogP contribution in [0, 0.1) is 0 Å². The fourth-order valence-corrected chi connectivity index (χ4v) is 4.52. The van der Waals surface area contributed by atoms with Gasteiger partial charge in [0.1, 0.15) is 6.29 Å². The highest BCUT2D eigenvalue weighted by Gasteiger charge is 2.27. The predicted octanol–water partition coefficient (Wildman–Crippen LogP) is 4.22. The molecule has 0 bridgehead atoms. The Morgan fingerprint density at radius 1 is 1.03 bits per heavy atom. The topological polar surface area (TPSA) is 75.4 Å². The molecule has 0 aromatic heterocycles. The molecule has 1 aliphatic heterocycles. The van der Waals surface area contributed by atoms with Gasteiger partial charge in [0, 0.05) is 30.0 Å². The Labute approximate surface area is 178 Å². The molecule has 1 amide bonds. The molecule has 2 aliphatic rings. The first-order chi connectivity index (χ1) is 14.7. The van der Waals surface area contributed by atoms with E-state index in [-0.39, 0.29) is 18.7 Å². The molecule has 0 atom stereocenters. The molecule has 1 heterocycles. The quantitative estimate of drug-likeness (QED) is 0.733. The molecular formula is C25H29N3O2. The fraction of sp³-hybridized carbons (Fsp3) is 0.360. The van der Waals surface area contributed by atoms with E-state index in [0.29, 0.717) is 12.6 Å². The molecule has 1 saturated carbocycles. The lowest BCUT2D eigenvalue weighted by molar-refractivity contribution is -0.120. The normalized spacial score (nSPS) is 19.3. The molecule has 30 heavy (non-hydrogen) atoms. The van der Waals surface area contributed by atoms with Gasteiger partial charge in [-0.15, -0.1) is 0 Å². The maximum absolute atomic E-state index is 13.1. The van der Waals surface area contributed by atoms with Gasteiger partial charge in [0.15, 0.2) is 0 Å². The highest BCUT2D eigenvalue weighted by atomic mass is 16.2. The molecule has 1 fully saturated rings. The zero-order chi connectivity index (χ0) is 20.9. The van der Waals surface area contributed by atoms with Crippen LogP contribution in [0.15, 0.2) is 48.5 Å². The van der Waals surface area contributed by atoms with Gasteiger partial charge >= 0.3 is 0 Å². The van der Waals surface area contributed by atoms with Crippen LogP contribution in [-0.2, 0) is 16.1 Å². The Balaban J connectivity index is 1.84. The van der Waals surface area contributed by atoms with Crippen molar-refractivity contribution in [2.24, 2.45) is 5.73 Å². The molecule has 2 aromatic carbocycles. The Morgan fingerprint density at radius 3 is 2.50 bits per heavy atom. The highest BCUT2D eigenvalue weighted by Crippen LogP contribution is 2.36. The third kappa shape index (κ3) is 4.11. The zero-order valence-electron chi connectivity index (χ0n) is 17.3. The van der Waals surface area contributed by atoms with Gasteiger partial charge in [-0.2, -0.15) is 0 Å². The number of nitrogens with zero attached hydrogens (tertiary/aromatic N) is 1. The van der Waals surface area contributed by atoms with Gasteiger partial charge in [0.05, 0.1) is 23.6 Å². The van der Waals surface area contributed by atoms with Crippen molar-refractivity contribution < 1.29 is 9.59 Å². The van der Waals surface area contributed by atoms with E-state index in [1.165, 1.54) is 19.3 Å². The number of rotatable bonds is 5. The average Bonchev–Trinajstić information content (AvgIpc) is 2.79. The van der Waals surface area contributed by atoms with E-state index in [2.05, 4.69) is 5.32 Å². The van der Waals surface area contributed by atoms with Gasteiger partial charge < -0.3 is 20.7 Å². The molecule has 2 aromatic rings. The monoisotopic (exact) mass is 403 g/mol. The van der Waals surface area contributed by atoms with Crippen molar-refractivity contribution in [1.82, 2.24) is 5.32 Å². The van der Waals surface area contributed by atoms with Crippen LogP contribution in [0.1, 0.15) is 61.6 Å². The van der Waals surface area contributed by atoms with Crippen LogP contribution in [-0.4, -0.2) is 18.2 Å². The third-order valence-electron chi connectivity index (χ3n) is 6.10. The summed E-state index contributed by atoms with van der Waals surface area (Å²) in [5.74, 6) is -0.0539. The largest absolute Gasteiger partial charge is 0.397 e. The van der Waals surface area contributed by atoms with Crippen LogP contribution in [0.25, 0.3) is 11.4 Å². The number of benzene rings is 2. The standard InChI is InChI=1S/C25H29N3O2/c26-24-20-12-5-4-9-18(20)17-28(23(30)15-8-16-29)22-14-7-6-13-21(22)25(24)27-19-10-2-1-3-11-19/h4-7,9,12-14,16,19,27H,1-3,8,10-11,15,17,26H2/b25-24-. The fourth-order valence-electron chi connectivity index (χ4n) is 4.52. The highest BCUT2D eigenvalue weighted by molar-refractivity contribution is 6.01. The molecule has 5 nitrogen and oxygen atoms in total. The number of carbonyl (C=O) groups is 2. The summed E-state index contributed by atoms with van der Waals surface area (Å²) >= 11 is 0. The summed E-state index contributed by atoms with van der Waals surface area (Å²) in [6, 6.07) is 16.3. The van der Waals surface area contributed by atoms with E-state index in [1.54, 1.807) is 4.90 Å². The van der Waals surface area contributed by atoms with E-state index >= 15 is 0 Å². The maximum Gasteiger partial charge on any atom is 0.227 e. The minimum atomic E-state index is -0.0539. The smallest absolute Gasteiger partial charge is 0.227 e. The first-order valence-electron chi connectivity index (χ1n) is 10.9. The Morgan fingerprint density at radius 2 is 1.73 bits per heavy atom. The lowest BCUT2D eigenvalue weighted by atomic mass is 9.92. The van der Waals surface area contributed by atoms with Crippen LogP contribution in [0.3, 0.4) is 0 Å². The minimum Gasteiger partial charge on any atom is -0.397 e. The number of amides is 1. The molecule has 1 aliphatic carbocycles. The second-order valence-electron chi connectivity index (χ2n) is 8.13. The lowest BCUT2D eigenvalue weighted by Gasteiger charge is -2.33. The molecule has 3 N–H and O–H groups in total. The zero-order valence-corrected chi connectivity index (χ0v) is 17.3. The van der Waals surface area contributed by atoms with Crippen LogP contribution in [0.5, 0.6) is 0 Å². The van der Waals surface area contributed by atoms with E-state index in [4.69, 9.17) is 5.73 Å². The first-order valence-corrected chi connectivity index (χ1v) is 10.9. The van der Waals surface area contributed by atoms with Gasteiger partial charge in [-0.05, 0) is 24.5 Å². The number of hydrogen-bond acceptors (Lipinski definition) is 4. The first kappa shape index (κ1) is 20.2. The van der Waals surface area contributed by atoms with E-state index in [0.717, 1.165) is 52.9 Å². The second-order valence-corrected chi connectivity index (χ2v) is 8.13. The Hall–Kier alpha value is -3.08. The molecular weight excluding hydrogens is 374 g/mol. The van der Waals surface area contributed by atoms with Crippen molar-refractivity contribution in [3.8, 4) is 0 Å². The van der Waals surface area contributed by atoms with Crippen molar-refractivity contribution >= 4 is 29.3 Å². The van der Waals surface area contributed by atoms with Crippen molar-refractivity contribution in [2.75, 3.05) is 4.90 Å². The summed E-state index contributed by atoms with van der Waals surface area (Å²) in [5, 5.41) is 3.74. The number of nitrogens with two attached hydrogens (primary N) is 1. The third-order valence-corrected chi connectivity index (χ3v) is 6.10. The van der Waals surface area contributed by atoms with Gasteiger partial charge in [-0.1, -0.05) is 61.7 Å². The number of para-hydroxylation sites is 1. The number of carbonyl (C=O) groups excluding carboxylic acids is 2. The molecule has 0 spiro atoms. The predicted molar refractivity (Wildman–Crippen MR) is 120 cm³/mol. The van der Waals surface area contributed by atoms with Crippen molar-refractivity contribution in [3.05, 3.63) is 65.2 Å². The Bertz CT molecular complexity index is 960. The summed E-state index contributed by atoms with van der Waals surface area (Å²) in [5.41, 5.74) is 12.1. The Kier molecular flexibility index (Phi) is 6.17. The lowest BCUT2D eigenvalue weighted by Crippen LogP contribution is -2.36. The van der Waals surface area contributed by atoms with Crippen molar-refractivity contribution in [2.45, 2.75) is 57.5 Å². The molecule has 0 unspecified atom stereocenters. The SMILES string of the molecule is N/C1=C(\NC2CCCCC2)c2ccccc2N(C(=O)CCC=O)Cc2ccccc21. The van der Waals surface area contributed by atoms with E-state index in [1.807, 2.05) is 48.5 Å². The van der Waals surface area contributed by atoms with Crippen LogP contribution in [0.4, 0.5) is 5.69 Å². The van der Waals surface area contributed by atoms with Crippen LogP contribution >= 0.6 is 0 Å². The molecule has 0 radical (unpaired) electrons. The number of fused-ring (bicyclic) bond motifs is 2. The number of hydrogen-bond donors (Lipinski definition) is 2.